The van der Waals surface area contributed by atoms with Gasteiger partial charge in [0.2, 0.25) is 10.0 Å². The Morgan fingerprint density at radius 1 is 1.09 bits per heavy atom. The van der Waals surface area contributed by atoms with Crippen molar-refractivity contribution in [1.29, 1.82) is 0 Å². The molecule has 8 nitrogen and oxygen atoms in total. The zero-order chi connectivity index (χ0) is 25.9. The first-order chi connectivity index (χ1) is 16.4. The Morgan fingerprint density at radius 2 is 1.74 bits per heavy atom. The number of rotatable bonds is 8. The molecule has 12 heteroatoms. The van der Waals surface area contributed by atoms with Gasteiger partial charge in [-0.15, -0.1) is 0 Å². The van der Waals surface area contributed by atoms with E-state index in [0.29, 0.717) is 15.1 Å². The summed E-state index contributed by atoms with van der Waals surface area (Å²) in [5.41, 5.74) is 5.81. The fourth-order valence-corrected chi connectivity index (χ4v) is 5.10. The molecule has 0 atom stereocenters. The van der Waals surface area contributed by atoms with Crippen LogP contribution in [-0.2, 0) is 14.8 Å². The number of hydrogen-bond acceptors (Lipinski definition) is 5. The normalized spacial score (nSPS) is 11.6. The Kier molecular flexibility index (Phi) is 8.38. The third kappa shape index (κ3) is 6.49. The molecule has 1 aromatic heterocycles. The van der Waals surface area contributed by atoms with Crippen LogP contribution in [0, 0.1) is 13.8 Å². The molecular formula is C23H23Cl3N4O4S. The largest absolute Gasteiger partial charge is 0.495 e. The molecule has 0 radical (unpaired) electrons. The zero-order valence-electron chi connectivity index (χ0n) is 19.3. The Hall–Kier alpha value is -2.72. The summed E-state index contributed by atoms with van der Waals surface area (Å²) in [7, 11) is -2.44. The molecule has 3 aromatic rings. The van der Waals surface area contributed by atoms with Crippen molar-refractivity contribution < 1.29 is 17.9 Å². The van der Waals surface area contributed by atoms with Crippen LogP contribution in [0.2, 0.25) is 15.1 Å². The van der Waals surface area contributed by atoms with Gasteiger partial charge >= 0.3 is 0 Å². The molecule has 0 fully saturated rings. The SMILES string of the molecule is COc1ccc(Cl)cc1N(CC(=O)N/N=C\c1cc(C)n(-c2cc(Cl)cc(Cl)c2)c1C)S(C)(=O)=O. The van der Waals surface area contributed by atoms with Gasteiger partial charge in [-0.1, -0.05) is 34.8 Å². The topological polar surface area (TPSA) is 93.0 Å². The van der Waals surface area contributed by atoms with Gasteiger partial charge in [0, 0.05) is 37.7 Å². The van der Waals surface area contributed by atoms with Gasteiger partial charge in [0.1, 0.15) is 12.3 Å². The van der Waals surface area contributed by atoms with Gasteiger partial charge in [0.05, 0.1) is 25.3 Å². The lowest BCUT2D eigenvalue weighted by Gasteiger charge is -2.23. The van der Waals surface area contributed by atoms with E-state index in [1.54, 1.807) is 24.3 Å². The van der Waals surface area contributed by atoms with Crippen molar-refractivity contribution in [3.05, 3.63) is 74.5 Å². The number of hydrogen-bond donors (Lipinski definition) is 1. The summed E-state index contributed by atoms with van der Waals surface area (Å²) in [5, 5.41) is 5.32. The Balaban J connectivity index is 1.80. The minimum absolute atomic E-state index is 0.144. The maximum Gasteiger partial charge on any atom is 0.260 e. The Bertz CT molecular complexity index is 1380. The predicted octanol–water partition coefficient (Wildman–Crippen LogP) is 4.98. The van der Waals surface area contributed by atoms with E-state index in [2.05, 4.69) is 10.5 Å². The maximum absolute atomic E-state index is 12.6. The number of carbonyl (C=O) groups excluding carboxylic acids is 1. The number of nitrogens with one attached hydrogen (secondary N) is 1. The molecule has 3 rings (SSSR count). The van der Waals surface area contributed by atoms with Gasteiger partial charge in [-0.05, 0) is 56.3 Å². The van der Waals surface area contributed by atoms with Crippen LogP contribution in [0.3, 0.4) is 0 Å². The fourth-order valence-electron chi connectivity index (χ4n) is 3.56. The van der Waals surface area contributed by atoms with Crippen molar-refractivity contribution in [2.75, 3.05) is 24.2 Å². The van der Waals surface area contributed by atoms with Crippen molar-refractivity contribution in [3.63, 3.8) is 0 Å². The van der Waals surface area contributed by atoms with Crippen LogP contribution < -0.4 is 14.5 Å². The molecule has 0 aliphatic rings. The molecule has 0 saturated heterocycles. The Labute approximate surface area is 219 Å². The van der Waals surface area contributed by atoms with Gasteiger partial charge in [-0.25, -0.2) is 13.8 Å². The second-order valence-electron chi connectivity index (χ2n) is 7.67. The average Bonchev–Trinajstić information content (AvgIpc) is 3.03. The highest BCUT2D eigenvalue weighted by atomic mass is 35.5. The molecule has 186 valence electrons. The molecule has 0 unspecified atom stereocenters. The van der Waals surface area contributed by atoms with Crippen molar-refractivity contribution >= 4 is 62.6 Å². The van der Waals surface area contributed by atoms with Crippen LogP contribution in [0.5, 0.6) is 5.75 Å². The van der Waals surface area contributed by atoms with Crippen LogP contribution in [0.25, 0.3) is 5.69 Å². The maximum atomic E-state index is 12.6. The molecule has 1 heterocycles. The monoisotopic (exact) mass is 556 g/mol. The van der Waals surface area contributed by atoms with E-state index in [4.69, 9.17) is 39.5 Å². The standard InChI is InChI=1S/C23H23Cl3N4O4S/c1-14-7-16(15(2)30(14)20-9-18(25)8-19(26)10-20)12-27-28-23(31)13-29(35(4,32)33)21-11-17(24)5-6-22(21)34-3/h5-12H,13H2,1-4H3,(H,28,31)/b27-12-. The number of benzene rings is 2. The average molecular weight is 558 g/mol. The molecule has 0 aliphatic heterocycles. The first-order valence-corrected chi connectivity index (χ1v) is 13.2. The highest BCUT2D eigenvalue weighted by Crippen LogP contribution is 2.32. The van der Waals surface area contributed by atoms with Crippen molar-refractivity contribution in [1.82, 2.24) is 9.99 Å². The molecular weight excluding hydrogens is 535 g/mol. The van der Waals surface area contributed by atoms with Crippen LogP contribution in [0.15, 0.2) is 47.6 Å². The number of ether oxygens (including phenoxy) is 1. The molecule has 0 aliphatic carbocycles. The van der Waals surface area contributed by atoms with Crippen LogP contribution in [-0.4, -0.2) is 45.0 Å². The number of carbonyl (C=O) groups is 1. The highest BCUT2D eigenvalue weighted by Gasteiger charge is 2.24. The number of nitrogens with zero attached hydrogens (tertiary/aromatic N) is 3. The number of methoxy groups -OCH3 is 1. The molecule has 1 N–H and O–H groups in total. The van der Waals surface area contributed by atoms with E-state index < -0.39 is 22.5 Å². The lowest BCUT2D eigenvalue weighted by atomic mass is 10.2. The smallest absolute Gasteiger partial charge is 0.260 e. The van der Waals surface area contributed by atoms with Crippen molar-refractivity contribution in [2.45, 2.75) is 13.8 Å². The second kappa shape index (κ2) is 10.9. The molecule has 0 saturated carbocycles. The van der Waals surface area contributed by atoms with E-state index >= 15 is 0 Å². The first-order valence-electron chi connectivity index (χ1n) is 10.2. The van der Waals surface area contributed by atoms with E-state index in [-0.39, 0.29) is 11.4 Å². The van der Waals surface area contributed by atoms with Gasteiger partial charge in [0.15, 0.2) is 0 Å². The van der Waals surface area contributed by atoms with E-state index in [1.807, 2.05) is 24.5 Å². The fraction of sp³-hybridized carbons (Fsp3) is 0.217. The number of hydrazone groups is 1. The zero-order valence-corrected chi connectivity index (χ0v) is 22.4. The van der Waals surface area contributed by atoms with Gasteiger partial charge in [-0.3, -0.25) is 9.10 Å². The molecule has 0 bridgehead atoms. The molecule has 1 amide bonds. The lowest BCUT2D eigenvalue weighted by molar-refractivity contribution is -0.119. The number of aromatic nitrogens is 1. The van der Waals surface area contributed by atoms with E-state index in [1.165, 1.54) is 25.5 Å². The summed E-state index contributed by atoms with van der Waals surface area (Å²) in [6.07, 6.45) is 2.47. The number of anilines is 1. The van der Waals surface area contributed by atoms with E-state index in [0.717, 1.165) is 33.2 Å². The van der Waals surface area contributed by atoms with Gasteiger partial charge in [0.25, 0.3) is 5.91 Å². The summed E-state index contributed by atoms with van der Waals surface area (Å²) in [6, 6.07) is 11.6. The third-order valence-corrected chi connectivity index (χ3v) is 6.86. The summed E-state index contributed by atoms with van der Waals surface area (Å²) in [6.45, 7) is 3.29. The quantitative estimate of drug-likeness (QED) is 0.312. The summed E-state index contributed by atoms with van der Waals surface area (Å²) >= 11 is 18.3. The summed E-state index contributed by atoms with van der Waals surface area (Å²) in [4.78, 5) is 12.6. The number of sulfonamides is 1. The minimum Gasteiger partial charge on any atom is -0.495 e. The van der Waals surface area contributed by atoms with Crippen LogP contribution in [0.4, 0.5) is 5.69 Å². The van der Waals surface area contributed by atoms with E-state index in [9.17, 15) is 13.2 Å². The predicted molar refractivity (Wildman–Crippen MR) is 141 cm³/mol. The third-order valence-electron chi connectivity index (χ3n) is 5.07. The van der Waals surface area contributed by atoms with Crippen molar-refractivity contribution in [2.24, 2.45) is 5.10 Å². The summed E-state index contributed by atoms with van der Waals surface area (Å²) < 4.78 is 32.9. The minimum atomic E-state index is -3.83. The number of halogens is 3. The number of amides is 1. The molecule has 0 spiro atoms. The molecule has 35 heavy (non-hydrogen) atoms. The Morgan fingerprint density at radius 3 is 2.34 bits per heavy atom. The van der Waals surface area contributed by atoms with Crippen LogP contribution in [0.1, 0.15) is 17.0 Å². The summed E-state index contributed by atoms with van der Waals surface area (Å²) in [5.74, 6) is -0.395. The lowest BCUT2D eigenvalue weighted by Crippen LogP contribution is -2.39. The van der Waals surface area contributed by atoms with Crippen LogP contribution >= 0.6 is 34.8 Å². The van der Waals surface area contributed by atoms with Gasteiger partial charge in [-0.2, -0.15) is 5.10 Å². The van der Waals surface area contributed by atoms with Crippen molar-refractivity contribution in [3.8, 4) is 11.4 Å². The highest BCUT2D eigenvalue weighted by molar-refractivity contribution is 7.92. The second-order valence-corrected chi connectivity index (χ2v) is 10.9. The van der Waals surface area contributed by atoms with Gasteiger partial charge < -0.3 is 9.30 Å². The number of aryl methyl sites for hydroxylation is 1. The molecule has 2 aromatic carbocycles. The first kappa shape index (κ1) is 26.9.